The molecule has 1 fully saturated rings. The second-order valence-corrected chi connectivity index (χ2v) is 9.86. The number of ether oxygens (including phenoxy) is 1. The van der Waals surface area contributed by atoms with E-state index in [0.29, 0.717) is 34.6 Å². The first-order valence-corrected chi connectivity index (χ1v) is 13.1. The molecule has 36 heavy (non-hydrogen) atoms. The van der Waals surface area contributed by atoms with Crippen LogP contribution in [0.3, 0.4) is 0 Å². The largest absolute Gasteiger partial charge is 0.467 e. The van der Waals surface area contributed by atoms with Crippen LogP contribution in [0.2, 0.25) is 0 Å². The molecule has 0 bridgehead atoms. The highest BCUT2D eigenvalue weighted by atomic mass is 32.2. The molecule has 13 heteroatoms. The number of carbonyl (C=O) groups excluding carboxylic acids is 1. The lowest BCUT2D eigenvalue weighted by molar-refractivity contribution is 0.0365. The van der Waals surface area contributed by atoms with Crippen LogP contribution in [-0.4, -0.2) is 49.2 Å². The van der Waals surface area contributed by atoms with Crippen LogP contribution in [0.25, 0.3) is 0 Å². The zero-order valence-electron chi connectivity index (χ0n) is 20.0. The fourth-order valence-corrected chi connectivity index (χ4v) is 3.98. The number of amides is 1. The molecule has 0 radical (unpaired) electrons. The molecule has 2 aromatic heterocycles. The van der Waals surface area contributed by atoms with Gasteiger partial charge in [-0.25, -0.2) is 23.9 Å². The number of hydrogen-bond donors (Lipinski definition) is 4. The molecule has 0 atom stereocenters. The van der Waals surface area contributed by atoms with Crippen molar-refractivity contribution in [2.45, 2.75) is 25.7 Å². The van der Waals surface area contributed by atoms with Gasteiger partial charge in [-0.1, -0.05) is 6.07 Å². The van der Waals surface area contributed by atoms with E-state index in [2.05, 4.69) is 35.8 Å². The fraction of sp³-hybridized carbons (Fsp3) is 0.304. The SMILES string of the molecule is CCONC(=O)c1cnc(Nc2ccnc(OC)n2)cc1Nc1ccc(C2CC2)cc1NS(C)(=O)=O. The monoisotopic (exact) mass is 513 g/mol. The summed E-state index contributed by atoms with van der Waals surface area (Å²) in [6.07, 6.45) is 6.13. The predicted octanol–water partition coefficient (Wildman–Crippen LogP) is 3.30. The van der Waals surface area contributed by atoms with Gasteiger partial charge in [-0.3, -0.25) is 14.4 Å². The molecular formula is C23H27N7O5S. The topological polar surface area (TPSA) is 156 Å². The lowest BCUT2D eigenvalue weighted by atomic mass is 10.1. The van der Waals surface area contributed by atoms with E-state index in [4.69, 9.17) is 9.57 Å². The number of hydrogen-bond acceptors (Lipinski definition) is 10. The standard InChI is InChI=1S/C23H27N7O5S/c1-4-35-29-22(31)16-13-25-21(27-20-9-10-24-23(28-20)34-2)12-18(16)26-17-8-7-15(14-5-6-14)11-19(17)30-36(3,32)33/h7-14,30H,4-6H2,1-3H3,(H,29,31)(H2,24,25,26,27,28). The Kier molecular flexibility index (Phi) is 7.50. The summed E-state index contributed by atoms with van der Waals surface area (Å²) in [6, 6.07) is 8.97. The summed E-state index contributed by atoms with van der Waals surface area (Å²) in [5.41, 5.74) is 4.80. The summed E-state index contributed by atoms with van der Waals surface area (Å²) < 4.78 is 31.7. The van der Waals surface area contributed by atoms with Crippen molar-refractivity contribution in [1.29, 1.82) is 0 Å². The van der Waals surface area contributed by atoms with E-state index in [1.54, 1.807) is 25.1 Å². The smallest absolute Gasteiger partial charge is 0.318 e. The highest BCUT2D eigenvalue weighted by Crippen LogP contribution is 2.42. The summed E-state index contributed by atoms with van der Waals surface area (Å²) in [7, 11) is -2.09. The Morgan fingerprint density at radius 1 is 1.06 bits per heavy atom. The molecule has 0 unspecified atom stereocenters. The summed E-state index contributed by atoms with van der Waals surface area (Å²) in [6.45, 7) is 2.02. The molecule has 2 heterocycles. The zero-order chi connectivity index (χ0) is 25.7. The molecule has 1 aromatic carbocycles. The number of carbonyl (C=O) groups is 1. The van der Waals surface area contributed by atoms with Crippen molar-refractivity contribution in [2.75, 3.05) is 35.3 Å². The number of hydroxylamine groups is 1. The van der Waals surface area contributed by atoms with E-state index in [9.17, 15) is 13.2 Å². The molecule has 1 saturated carbocycles. The molecule has 12 nitrogen and oxygen atoms in total. The van der Waals surface area contributed by atoms with Gasteiger partial charge in [0.2, 0.25) is 10.0 Å². The maximum atomic E-state index is 12.7. The maximum absolute atomic E-state index is 12.7. The highest BCUT2D eigenvalue weighted by molar-refractivity contribution is 7.92. The van der Waals surface area contributed by atoms with Crippen LogP contribution in [0, 0.1) is 0 Å². The summed E-state index contributed by atoms with van der Waals surface area (Å²) in [4.78, 5) is 30.3. The Morgan fingerprint density at radius 3 is 2.56 bits per heavy atom. The molecule has 190 valence electrons. The van der Waals surface area contributed by atoms with Crippen molar-refractivity contribution in [3.8, 4) is 6.01 Å². The van der Waals surface area contributed by atoms with Gasteiger partial charge >= 0.3 is 6.01 Å². The van der Waals surface area contributed by atoms with Gasteiger partial charge in [0.15, 0.2) is 0 Å². The lowest BCUT2D eigenvalue weighted by Crippen LogP contribution is -2.24. The van der Waals surface area contributed by atoms with Crippen LogP contribution in [0.5, 0.6) is 6.01 Å². The Morgan fingerprint density at radius 2 is 1.86 bits per heavy atom. The average molecular weight is 514 g/mol. The van der Waals surface area contributed by atoms with Crippen LogP contribution < -0.4 is 25.6 Å². The minimum atomic E-state index is -3.55. The van der Waals surface area contributed by atoms with Gasteiger partial charge in [-0.05, 0) is 49.4 Å². The van der Waals surface area contributed by atoms with Crippen molar-refractivity contribution in [3.63, 3.8) is 0 Å². The zero-order valence-corrected chi connectivity index (χ0v) is 20.8. The summed E-state index contributed by atoms with van der Waals surface area (Å²) in [5.74, 6) is 0.709. The van der Waals surface area contributed by atoms with Crippen LogP contribution in [0.1, 0.15) is 41.6 Å². The van der Waals surface area contributed by atoms with Crippen molar-refractivity contribution in [1.82, 2.24) is 20.4 Å². The van der Waals surface area contributed by atoms with Gasteiger partial charge in [0.05, 0.1) is 42.6 Å². The second-order valence-electron chi connectivity index (χ2n) is 8.11. The molecule has 1 aliphatic carbocycles. The Balaban J connectivity index is 1.70. The number of nitrogens with zero attached hydrogens (tertiary/aromatic N) is 3. The lowest BCUT2D eigenvalue weighted by Gasteiger charge is -2.17. The number of sulfonamides is 1. The average Bonchev–Trinajstić information content (AvgIpc) is 3.68. The molecule has 0 spiro atoms. The normalized spacial score (nSPS) is 13.1. The molecule has 0 aliphatic heterocycles. The first-order valence-electron chi connectivity index (χ1n) is 11.2. The highest BCUT2D eigenvalue weighted by Gasteiger charge is 2.25. The van der Waals surface area contributed by atoms with Crippen LogP contribution >= 0.6 is 0 Å². The fourth-order valence-electron chi connectivity index (χ4n) is 3.41. The Hall–Kier alpha value is -3.97. The van der Waals surface area contributed by atoms with Gasteiger partial charge in [-0.15, -0.1) is 0 Å². The van der Waals surface area contributed by atoms with E-state index in [1.807, 2.05) is 12.1 Å². The van der Waals surface area contributed by atoms with Gasteiger partial charge in [0.25, 0.3) is 5.91 Å². The summed E-state index contributed by atoms with van der Waals surface area (Å²) in [5, 5.41) is 6.22. The van der Waals surface area contributed by atoms with E-state index < -0.39 is 15.9 Å². The number of rotatable bonds is 11. The number of benzene rings is 1. The number of anilines is 5. The third kappa shape index (κ3) is 6.58. The van der Waals surface area contributed by atoms with Crippen LogP contribution in [0.4, 0.5) is 28.7 Å². The predicted molar refractivity (Wildman–Crippen MR) is 135 cm³/mol. The molecule has 1 amide bonds. The van der Waals surface area contributed by atoms with Crippen LogP contribution in [-0.2, 0) is 14.9 Å². The van der Waals surface area contributed by atoms with Crippen molar-refractivity contribution in [2.24, 2.45) is 0 Å². The number of aromatic nitrogens is 3. The molecule has 1 aliphatic rings. The van der Waals surface area contributed by atoms with E-state index in [-0.39, 0.29) is 18.2 Å². The molecule has 0 saturated heterocycles. The van der Waals surface area contributed by atoms with Crippen molar-refractivity contribution >= 4 is 44.6 Å². The molecule has 4 N–H and O–H groups in total. The van der Waals surface area contributed by atoms with E-state index >= 15 is 0 Å². The number of methoxy groups -OCH3 is 1. The first kappa shape index (κ1) is 25.1. The third-order valence-electron chi connectivity index (χ3n) is 5.19. The third-order valence-corrected chi connectivity index (χ3v) is 5.78. The first-order chi connectivity index (χ1) is 17.3. The van der Waals surface area contributed by atoms with Gasteiger partial charge < -0.3 is 15.4 Å². The van der Waals surface area contributed by atoms with Crippen molar-refractivity contribution in [3.05, 3.63) is 53.9 Å². The molecular weight excluding hydrogens is 486 g/mol. The summed E-state index contributed by atoms with van der Waals surface area (Å²) >= 11 is 0. The van der Waals surface area contributed by atoms with Crippen molar-refractivity contribution < 1.29 is 22.8 Å². The van der Waals surface area contributed by atoms with Crippen LogP contribution in [0.15, 0.2) is 42.7 Å². The Labute approximate surface area is 208 Å². The number of nitrogens with one attached hydrogen (secondary N) is 4. The maximum Gasteiger partial charge on any atom is 0.318 e. The minimum Gasteiger partial charge on any atom is -0.467 e. The molecule has 3 aromatic rings. The van der Waals surface area contributed by atoms with Gasteiger partial charge in [0, 0.05) is 18.5 Å². The van der Waals surface area contributed by atoms with E-state index in [0.717, 1.165) is 24.7 Å². The molecule has 4 rings (SSSR count). The number of pyridine rings is 1. The van der Waals surface area contributed by atoms with Gasteiger partial charge in [-0.2, -0.15) is 4.98 Å². The second kappa shape index (κ2) is 10.7. The van der Waals surface area contributed by atoms with Gasteiger partial charge in [0.1, 0.15) is 11.6 Å². The minimum absolute atomic E-state index is 0.179. The van der Waals surface area contributed by atoms with E-state index in [1.165, 1.54) is 19.5 Å². The Bertz CT molecular complexity index is 1360. The quantitative estimate of drug-likeness (QED) is 0.281.